The Morgan fingerprint density at radius 1 is 1.15 bits per heavy atom. The molecule has 0 bridgehead atoms. The van der Waals surface area contributed by atoms with E-state index in [4.69, 9.17) is 9.47 Å². The van der Waals surface area contributed by atoms with Crippen molar-refractivity contribution in [2.45, 2.75) is 32.7 Å². The van der Waals surface area contributed by atoms with Gasteiger partial charge >= 0.3 is 0 Å². The molecule has 140 valence electrons. The SMILES string of the molecule is CCOC[C@]1(CCc2ccc(OC)cc2)CCN(Cc2cccnc2)C1. The predicted molar refractivity (Wildman–Crippen MR) is 104 cm³/mol. The minimum Gasteiger partial charge on any atom is -0.497 e. The highest BCUT2D eigenvalue weighted by atomic mass is 16.5. The summed E-state index contributed by atoms with van der Waals surface area (Å²) in [6.07, 6.45) is 7.24. The van der Waals surface area contributed by atoms with Crippen LogP contribution in [-0.2, 0) is 17.7 Å². The molecule has 0 unspecified atom stereocenters. The summed E-state index contributed by atoms with van der Waals surface area (Å²) in [5.74, 6) is 0.918. The van der Waals surface area contributed by atoms with Crippen LogP contribution in [0.2, 0.25) is 0 Å². The lowest BCUT2D eigenvalue weighted by molar-refractivity contribution is 0.0489. The molecule has 1 aliphatic heterocycles. The monoisotopic (exact) mass is 354 g/mol. The molecule has 0 saturated carbocycles. The van der Waals surface area contributed by atoms with Gasteiger partial charge < -0.3 is 9.47 Å². The standard InChI is InChI=1S/C22H30N2O2/c1-3-26-18-22(11-10-19-6-8-21(25-2)9-7-19)12-14-24(17-22)16-20-5-4-13-23-15-20/h4-9,13,15H,3,10-12,14,16-18H2,1-2H3/t22-/m1/s1. The number of ether oxygens (including phenoxy) is 2. The summed E-state index contributed by atoms with van der Waals surface area (Å²) in [6.45, 7) is 6.92. The number of methoxy groups -OCH3 is 1. The Labute approximate surface area is 157 Å². The fourth-order valence-electron chi connectivity index (χ4n) is 3.83. The Morgan fingerprint density at radius 3 is 2.69 bits per heavy atom. The van der Waals surface area contributed by atoms with Crippen LogP contribution in [0.15, 0.2) is 48.8 Å². The third kappa shape index (κ3) is 5.05. The maximum absolute atomic E-state index is 5.89. The average Bonchev–Trinajstić information content (AvgIpc) is 3.09. The Hall–Kier alpha value is -1.91. The zero-order valence-electron chi connectivity index (χ0n) is 16.0. The number of likely N-dealkylation sites (tertiary alicyclic amines) is 1. The topological polar surface area (TPSA) is 34.6 Å². The lowest BCUT2D eigenvalue weighted by atomic mass is 9.82. The van der Waals surface area contributed by atoms with Gasteiger partial charge in [-0.15, -0.1) is 0 Å². The third-order valence-corrected chi connectivity index (χ3v) is 5.36. The molecule has 4 heteroatoms. The van der Waals surface area contributed by atoms with E-state index < -0.39 is 0 Å². The molecule has 26 heavy (non-hydrogen) atoms. The first-order chi connectivity index (χ1) is 12.7. The number of benzene rings is 1. The number of nitrogens with zero attached hydrogens (tertiary/aromatic N) is 2. The van der Waals surface area contributed by atoms with Crippen LogP contribution in [0.3, 0.4) is 0 Å². The Bertz CT molecular complexity index is 660. The minimum absolute atomic E-state index is 0.248. The largest absolute Gasteiger partial charge is 0.497 e. The summed E-state index contributed by atoms with van der Waals surface area (Å²) in [4.78, 5) is 6.79. The first kappa shape index (κ1) is 18.9. The van der Waals surface area contributed by atoms with Crippen LogP contribution in [0.5, 0.6) is 5.75 Å². The fraction of sp³-hybridized carbons (Fsp3) is 0.500. The molecule has 2 aromatic rings. The zero-order valence-corrected chi connectivity index (χ0v) is 16.0. The average molecular weight is 354 g/mol. The van der Waals surface area contributed by atoms with E-state index in [1.807, 2.05) is 30.6 Å². The van der Waals surface area contributed by atoms with E-state index in [-0.39, 0.29) is 5.41 Å². The second kappa shape index (κ2) is 9.15. The van der Waals surface area contributed by atoms with Crippen molar-refractivity contribution >= 4 is 0 Å². The van der Waals surface area contributed by atoms with Crippen molar-refractivity contribution in [2.24, 2.45) is 5.41 Å². The molecule has 1 aliphatic rings. The number of pyridine rings is 1. The highest BCUT2D eigenvalue weighted by Gasteiger charge is 2.37. The molecular weight excluding hydrogens is 324 g/mol. The van der Waals surface area contributed by atoms with E-state index in [0.717, 1.165) is 51.4 Å². The molecule has 0 N–H and O–H groups in total. The summed E-state index contributed by atoms with van der Waals surface area (Å²) in [6, 6.07) is 12.6. The Balaban J connectivity index is 1.61. The van der Waals surface area contributed by atoms with Crippen molar-refractivity contribution in [3.63, 3.8) is 0 Å². The maximum Gasteiger partial charge on any atom is 0.118 e. The second-order valence-corrected chi connectivity index (χ2v) is 7.31. The van der Waals surface area contributed by atoms with Gasteiger partial charge in [0.25, 0.3) is 0 Å². The predicted octanol–water partition coefficient (Wildman–Crippen LogP) is 3.95. The maximum atomic E-state index is 5.89. The molecule has 1 aromatic carbocycles. The zero-order chi connectivity index (χ0) is 18.2. The highest BCUT2D eigenvalue weighted by Crippen LogP contribution is 2.36. The normalized spacial score (nSPS) is 20.4. The number of aryl methyl sites for hydroxylation is 1. The molecule has 1 fully saturated rings. The van der Waals surface area contributed by atoms with E-state index in [0.29, 0.717) is 0 Å². The van der Waals surface area contributed by atoms with Crippen LogP contribution < -0.4 is 4.74 Å². The summed E-state index contributed by atoms with van der Waals surface area (Å²) in [7, 11) is 1.71. The van der Waals surface area contributed by atoms with E-state index in [2.05, 4.69) is 35.0 Å². The van der Waals surface area contributed by atoms with Gasteiger partial charge in [-0.2, -0.15) is 0 Å². The number of hydrogen-bond donors (Lipinski definition) is 0. The number of hydrogen-bond acceptors (Lipinski definition) is 4. The third-order valence-electron chi connectivity index (χ3n) is 5.36. The van der Waals surface area contributed by atoms with Gasteiger partial charge in [0.05, 0.1) is 13.7 Å². The molecule has 2 heterocycles. The van der Waals surface area contributed by atoms with Gasteiger partial charge in [0.15, 0.2) is 0 Å². The van der Waals surface area contributed by atoms with Gasteiger partial charge in [-0.1, -0.05) is 18.2 Å². The van der Waals surface area contributed by atoms with Crippen molar-refractivity contribution in [1.29, 1.82) is 0 Å². The van der Waals surface area contributed by atoms with Crippen LogP contribution in [0.4, 0.5) is 0 Å². The van der Waals surface area contributed by atoms with E-state index in [9.17, 15) is 0 Å². The molecule has 1 aromatic heterocycles. The number of aromatic nitrogens is 1. The molecule has 0 radical (unpaired) electrons. The van der Waals surface area contributed by atoms with Crippen molar-refractivity contribution in [3.05, 3.63) is 59.9 Å². The van der Waals surface area contributed by atoms with Crippen molar-refractivity contribution in [1.82, 2.24) is 9.88 Å². The number of rotatable bonds is 9. The minimum atomic E-state index is 0.248. The molecule has 0 aliphatic carbocycles. The van der Waals surface area contributed by atoms with E-state index in [1.165, 1.54) is 17.5 Å². The van der Waals surface area contributed by atoms with Crippen LogP contribution in [0.25, 0.3) is 0 Å². The Kier molecular flexibility index (Phi) is 6.64. The van der Waals surface area contributed by atoms with Crippen LogP contribution in [-0.4, -0.2) is 43.3 Å². The molecule has 0 amide bonds. The van der Waals surface area contributed by atoms with Gasteiger partial charge in [-0.05, 0) is 62.1 Å². The molecule has 1 saturated heterocycles. The summed E-state index contributed by atoms with van der Waals surface area (Å²) in [5.41, 5.74) is 2.90. The lowest BCUT2D eigenvalue weighted by Crippen LogP contribution is -2.32. The van der Waals surface area contributed by atoms with Crippen molar-refractivity contribution in [3.8, 4) is 5.75 Å². The summed E-state index contributed by atoms with van der Waals surface area (Å²) >= 11 is 0. The molecule has 3 rings (SSSR count). The molecule has 0 spiro atoms. The first-order valence-electron chi connectivity index (χ1n) is 9.55. The fourth-order valence-corrected chi connectivity index (χ4v) is 3.83. The van der Waals surface area contributed by atoms with Crippen LogP contribution in [0, 0.1) is 5.41 Å². The van der Waals surface area contributed by atoms with Gasteiger partial charge in [0.1, 0.15) is 5.75 Å². The van der Waals surface area contributed by atoms with Crippen molar-refractivity contribution < 1.29 is 9.47 Å². The lowest BCUT2D eigenvalue weighted by Gasteiger charge is -2.29. The van der Waals surface area contributed by atoms with Crippen LogP contribution >= 0.6 is 0 Å². The Morgan fingerprint density at radius 2 is 2.00 bits per heavy atom. The van der Waals surface area contributed by atoms with Gasteiger partial charge in [0.2, 0.25) is 0 Å². The quantitative estimate of drug-likeness (QED) is 0.683. The smallest absolute Gasteiger partial charge is 0.118 e. The molecular formula is C22H30N2O2. The summed E-state index contributed by atoms with van der Waals surface area (Å²) in [5, 5.41) is 0. The first-order valence-corrected chi connectivity index (χ1v) is 9.55. The summed E-state index contributed by atoms with van der Waals surface area (Å²) < 4.78 is 11.1. The van der Waals surface area contributed by atoms with E-state index in [1.54, 1.807) is 7.11 Å². The molecule has 1 atom stereocenters. The molecule has 4 nitrogen and oxygen atoms in total. The van der Waals surface area contributed by atoms with Crippen LogP contribution in [0.1, 0.15) is 30.9 Å². The van der Waals surface area contributed by atoms with Gasteiger partial charge in [-0.3, -0.25) is 9.88 Å². The van der Waals surface area contributed by atoms with Crippen molar-refractivity contribution in [2.75, 3.05) is 33.4 Å². The highest BCUT2D eigenvalue weighted by molar-refractivity contribution is 5.27. The van der Waals surface area contributed by atoms with Gasteiger partial charge in [0, 0.05) is 37.5 Å². The van der Waals surface area contributed by atoms with E-state index >= 15 is 0 Å². The second-order valence-electron chi connectivity index (χ2n) is 7.31. The van der Waals surface area contributed by atoms with Gasteiger partial charge in [-0.25, -0.2) is 0 Å².